The van der Waals surface area contributed by atoms with Crippen LogP contribution in [-0.4, -0.2) is 7.05 Å². The monoisotopic (exact) mass is 241 g/mol. The molecular weight excluding hydrogens is 218 g/mol. The van der Waals surface area contributed by atoms with E-state index in [0.717, 1.165) is 6.54 Å². The highest BCUT2D eigenvalue weighted by Gasteiger charge is 1.93. The average molecular weight is 241 g/mol. The molecule has 0 heterocycles. The molecule has 0 amide bonds. The lowest BCUT2D eigenvalue weighted by Gasteiger charge is -2.01. The smallest absolute Gasteiger partial charge is 0.0202 e. The van der Waals surface area contributed by atoms with Crippen LogP contribution in [-0.2, 0) is 6.54 Å². The molecule has 0 aliphatic heterocycles. The predicted molar refractivity (Wildman–Crippen MR) is 79.7 cm³/mol. The molecule has 1 nitrogen and oxygen atoms in total. The molecule has 0 spiro atoms. The van der Waals surface area contributed by atoms with Crippen molar-refractivity contribution in [2.24, 2.45) is 0 Å². The lowest BCUT2D eigenvalue weighted by Crippen LogP contribution is -2.04. The Hall–Kier alpha value is -1.60. The van der Waals surface area contributed by atoms with Crippen LogP contribution < -0.4 is 5.32 Å². The largest absolute Gasteiger partial charge is 0.316 e. The van der Waals surface area contributed by atoms with E-state index in [1.807, 2.05) is 31.3 Å². The standard InChI is InChI=1S/C9H12.C8H11N/c1-8(2)9-6-4-3-5-7-9;1-9-7-8-5-3-2-4-6-8/h3-8H,1-2H3;2-6,9H,7H2,1H3. The summed E-state index contributed by atoms with van der Waals surface area (Å²) in [4.78, 5) is 0. The summed E-state index contributed by atoms with van der Waals surface area (Å²) in [5.41, 5.74) is 2.75. The van der Waals surface area contributed by atoms with Crippen molar-refractivity contribution in [1.82, 2.24) is 5.32 Å². The van der Waals surface area contributed by atoms with Crippen molar-refractivity contribution in [2.45, 2.75) is 26.3 Å². The second-order valence-electron chi connectivity index (χ2n) is 4.58. The summed E-state index contributed by atoms with van der Waals surface area (Å²) in [6.45, 7) is 5.37. The van der Waals surface area contributed by atoms with E-state index in [1.165, 1.54) is 11.1 Å². The fourth-order valence-corrected chi connectivity index (χ4v) is 1.64. The van der Waals surface area contributed by atoms with Crippen molar-refractivity contribution in [2.75, 3.05) is 7.05 Å². The molecule has 18 heavy (non-hydrogen) atoms. The summed E-state index contributed by atoms with van der Waals surface area (Å²) >= 11 is 0. The predicted octanol–water partition coefficient (Wildman–Crippen LogP) is 4.22. The molecule has 0 saturated heterocycles. The highest BCUT2D eigenvalue weighted by Crippen LogP contribution is 2.11. The summed E-state index contributed by atoms with van der Waals surface area (Å²) in [5, 5.41) is 3.08. The van der Waals surface area contributed by atoms with Gasteiger partial charge in [0.25, 0.3) is 0 Å². The molecule has 0 aliphatic rings. The molecule has 0 fully saturated rings. The zero-order chi connectivity index (χ0) is 13.2. The third kappa shape index (κ3) is 5.65. The van der Waals surface area contributed by atoms with Crippen LogP contribution in [0.4, 0.5) is 0 Å². The Morgan fingerprint density at radius 3 is 1.72 bits per heavy atom. The highest BCUT2D eigenvalue weighted by atomic mass is 14.8. The Balaban J connectivity index is 0.000000180. The molecule has 1 heteroatoms. The van der Waals surface area contributed by atoms with Crippen LogP contribution in [0.1, 0.15) is 30.9 Å². The number of nitrogens with one attached hydrogen (secondary N) is 1. The van der Waals surface area contributed by atoms with E-state index >= 15 is 0 Å². The molecule has 96 valence electrons. The molecule has 0 atom stereocenters. The van der Waals surface area contributed by atoms with Gasteiger partial charge < -0.3 is 5.32 Å². The maximum Gasteiger partial charge on any atom is 0.0202 e. The van der Waals surface area contributed by atoms with E-state index in [9.17, 15) is 0 Å². The van der Waals surface area contributed by atoms with Gasteiger partial charge >= 0.3 is 0 Å². The van der Waals surface area contributed by atoms with Crippen LogP contribution in [0.25, 0.3) is 0 Å². The van der Waals surface area contributed by atoms with Crippen LogP contribution >= 0.6 is 0 Å². The maximum atomic E-state index is 3.08. The first-order chi connectivity index (χ1) is 8.74. The lowest BCUT2D eigenvalue weighted by atomic mass is 10.0. The molecule has 1 N–H and O–H groups in total. The third-order valence-corrected chi connectivity index (χ3v) is 2.69. The van der Waals surface area contributed by atoms with Gasteiger partial charge in [0.05, 0.1) is 0 Å². The third-order valence-electron chi connectivity index (χ3n) is 2.69. The van der Waals surface area contributed by atoms with E-state index in [0.29, 0.717) is 5.92 Å². The Bertz CT molecular complexity index is 406. The molecule has 2 aromatic rings. The normalized spacial score (nSPS) is 9.78. The van der Waals surface area contributed by atoms with Gasteiger partial charge in [-0.25, -0.2) is 0 Å². The fraction of sp³-hybridized carbons (Fsp3) is 0.294. The van der Waals surface area contributed by atoms with Gasteiger partial charge in [-0.05, 0) is 24.1 Å². The zero-order valence-corrected chi connectivity index (χ0v) is 11.6. The van der Waals surface area contributed by atoms with Gasteiger partial charge in [-0.15, -0.1) is 0 Å². The molecule has 0 bridgehead atoms. The van der Waals surface area contributed by atoms with Crippen molar-refractivity contribution in [3.05, 3.63) is 71.8 Å². The topological polar surface area (TPSA) is 12.0 Å². The second kappa shape index (κ2) is 8.48. The summed E-state index contributed by atoms with van der Waals surface area (Å²) < 4.78 is 0. The molecule has 0 aromatic heterocycles. The van der Waals surface area contributed by atoms with Gasteiger partial charge in [-0.3, -0.25) is 0 Å². The molecule has 0 unspecified atom stereocenters. The first kappa shape index (κ1) is 14.5. The lowest BCUT2D eigenvalue weighted by molar-refractivity contribution is 0.818. The summed E-state index contributed by atoms with van der Waals surface area (Å²) in [6.07, 6.45) is 0. The average Bonchev–Trinajstić information content (AvgIpc) is 2.42. The molecule has 2 aromatic carbocycles. The minimum absolute atomic E-state index is 0.659. The Morgan fingerprint density at radius 2 is 1.33 bits per heavy atom. The summed E-state index contributed by atoms with van der Waals surface area (Å²) in [5.74, 6) is 0.659. The van der Waals surface area contributed by atoms with Gasteiger partial charge in [0, 0.05) is 6.54 Å². The Kier molecular flexibility index (Phi) is 6.82. The quantitative estimate of drug-likeness (QED) is 0.848. The minimum atomic E-state index is 0.659. The van der Waals surface area contributed by atoms with Crippen molar-refractivity contribution >= 4 is 0 Å². The van der Waals surface area contributed by atoms with E-state index in [1.54, 1.807) is 0 Å². The van der Waals surface area contributed by atoms with Crippen molar-refractivity contribution < 1.29 is 0 Å². The molecule has 2 rings (SSSR count). The second-order valence-corrected chi connectivity index (χ2v) is 4.58. The number of rotatable bonds is 3. The Morgan fingerprint density at radius 1 is 0.833 bits per heavy atom. The van der Waals surface area contributed by atoms with Gasteiger partial charge in [-0.2, -0.15) is 0 Å². The van der Waals surface area contributed by atoms with Gasteiger partial charge in [0.2, 0.25) is 0 Å². The Labute approximate surface area is 111 Å². The van der Waals surface area contributed by atoms with Crippen LogP contribution in [0.5, 0.6) is 0 Å². The first-order valence-corrected chi connectivity index (χ1v) is 6.47. The fourth-order valence-electron chi connectivity index (χ4n) is 1.64. The van der Waals surface area contributed by atoms with Crippen molar-refractivity contribution in [1.29, 1.82) is 0 Å². The summed E-state index contributed by atoms with van der Waals surface area (Å²) in [7, 11) is 1.95. The molecular formula is C17H23N. The number of hydrogen-bond acceptors (Lipinski definition) is 1. The van der Waals surface area contributed by atoms with Crippen molar-refractivity contribution in [3.8, 4) is 0 Å². The number of benzene rings is 2. The maximum absolute atomic E-state index is 3.08. The molecule has 0 aliphatic carbocycles. The van der Waals surface area contributed by atoms with Crippen LogP contribution in [0.15, 0.2) is 60.7 Å². The van der Waals surface area contributed by atoms with Crippen LogP contribution in [0.2, 0.25) is 0 Å². The van der Waals surface area contributed by atoms with E-state index in [2.05, 4.69) is 55.6 Å². The SMILES string of the molecule is CC(C)c1ccccc1.CNCc1ccccc1. The molecule has 0 saturated carbocycles. The highest BCUT2D eigenvalue weighted by molar-refractivity contribution is 5.17. The van der Waals surface area contributed by atoms with Crippen LogP contribution in [0, 0.1) is 0 Å². The van der Waals surface area contributed by atoms with Gasteiger partial charge in [0.1, 0.15) is 0 Å². The van der Waals surface area contributed by atoms with Gasteiger partial charge in [0.15, 0.2) is 0 Å². The summed E-state index contributed by atoms with van der Waals surface area (Å²) in [6, 6.07) is 20.9. The zero-order valence-electron chi connectivity index (χ0n) is 11.6. The first-order valence-electron chi connectivity index (χ1n) is 6.47. The molecule has 0 radical (unpaired) electrons. The van der Waals surface area contributed by atoms with Crippen LogP contribution in [0.3, 0.4) is 0 Å². The number of hydrogen-bond donors (Lipinski definition) is 1. The van der Waals surface area contributed by atoms with Crippen molar-refractivity contribution in [3.63, 3.8) is 0 Å². The van der Waals surface area contributed by atoms with Gasteiger partial charge in [-0.1, -0.05) is 74.5 Å². The minimum Gasteiger partial charge on any atom is -0.316 e. The van der Waals surface area contributed by atoms with E-state index in [4.69, 9.17) is 0 Å². The van der Waals surface area contributed by atoms with E-state index in [-0.39, 0.29) is 0 Å². The van der Waals surface area contributed by atoms with E-state index < -0.39 is 0 Å².